The molecule has 0 saturated carbocycles. The van der Waals surface area contributed by atoms with E-state index in [2.05, 4.69) is 15.3 Å². The monoisotopic (exact) mass is 251 g/mol. The number of aromatic nitrogens is 2. The van der Waals surface area contributed by atoms with Crippen molar-refractivity contribution >= 4 is 11.5 Å². The van der Waals surface area contributed by atoms with Crippen LogP contribution in [0.15, 0.2) is 0 Å². The zero-order valence-electron chi connectivity index (χ0n) is 10.6. The van der Waals surface area contributed by atoms with Crippen LogP contribution in [-0.4, -0.2) is 40.4 Å². The average Bonchev–Trinajstić information content (AvgIpc) is 2.91. The van der Waals surface area contributed by atoms with Gasteiger partial charge in [-0.05, 0) is 19.3 Å². The number of nitro groups is 1. The molecule has 3 heterocycles. The molecule has 0 amide bonds. The summed E-state index contributed by atoms with van der Waals surface area (Å²) < 4.78 is 1.65. The molecule has 0 bridgehead atoms. The van der Waals surface area contributed by atoms with Crippen LogP contribution < -0.4 is 10.2 Å². The molecule has 7 nitrogen and oxygen atoms in total. The van der Waals surface area contributed by atoms with Crippen LogP contribution in [0.1, 0.15) is 12.1 Å². The summed E-state index contributed by atoms with van der Waals surface area (Å²) in [5.74, 6) is 1.27. The van der Waals surface area contributed by atoms with E-state index in [1.54, 1.807) is 18.7 Å². The second kappa shape index (κ2) is 3.94. The molecular weight excluding hydrogens is 234 g/mol. The average molecular weight is 251 g/mol. The number of rotatable bonds is 2. The molecule has 1 aromatic heterocycles. The first-order valence-electron chi connectivity index (χ1n) is 6.25. The van der Waals surface area contributed by atoms with Crippen LogP contribution >= 0.6 is 0 Å². The highest BCUT2D eigenvalue weighted by Crippen LogP contribution is 2.38. The van der Waals surface area contributed by atoms with Gasteiger partial charge in [-0.2, -0.15) is 5.10 Å². The smallest absolute Gasteiger partial charge is 0.333 e. The fraction of sp³-hybridized carbons (Fsp3) is 0.727. The summed E-state index contributed by atoms with van der Waals surface area (Å²) >= 11 is 0. The van der Waals surface area contributed by atoms with Gasteiger partial charge in [-0.1, -0.05) is 0 Å². The highest BCUT2D eigenvalue weighted by molar-refractivity contribution is 5.62. The third kappa shape index (κ3) is 1.50. The molecule has 7 heteroatoms. The van der Waals surface area contributed by atoms with E-state index in [1.165, 1.54) is 0 Å². The minimum atomic E-state index is -0.312. The number of nitrogens with one attached hydrogen (secondary N) is 1. The van der Waals surface area contributed by atoms with Crippen LogP contribution in [0.3, 0.4) is 0 Å². The predicted octanol–water partition coefficient (Wildman–Crippen LogP) is 0.435. The van der Waals surface area contributed by atoms with Crippen molar-refractivity contribution in [3.8, 4) is 0 Å². The Balaban J connectivity index is 2.04. The molecule has 1 aromatic rings. The lowest BCUT2D eigenvalue weighted by Gasteiger charge is -2.24. The Kier molecular flexibility index (Phi) is 2.51. The van der Waals surface area contributed by atoms with Gasteiger partial charge in [0.1, 0.15) is 5.69 Å². The zero-order valence-corrected chi connectivity index (χ0v) is 10.6. The molecule has 1 N–H and O–H groups in total. The fourth-order valence-corrected chi connectivity index (χ4v) is 3.28. The summed E-state index contributed by atoms with van der Waals surface area (Å²) in [7, 11) is 1.78. The lowest BCUT2D eigenvalue weighted by Crippen LogP contribution is -2.35. The Bertz CT molecular complexity index is 498. The van der Waals surface area contributed by atoms with Crippen molar-refractivity contribution in [3.63, 3.8) is 0 Å². The van der Waals surface area contributed by atoms with E-state index < -0.39 is 0 Å². The maximum atomic E-state index is 11.2. The molecule has 2 fully saturated rings. The number of nitrogens with zero attached hydrogens (tertiary/aromatic N) is 4. The van der Waals surface area contributed by atoms with E-state index in [9.17, 15) is 10.1 Å². The molecule has 0 aromatic carbocycles. The van der Waals surface area contributed by atoms with Crippen LogP contribution in [0.25, 0.3) is 0 Å². The lowest BCUT2D eigenvalue weighted by molar-refractivity contribution is -0.384. The largest absolute Gasteiger partial charge is 0.346 e. The summed E-state index contributed by atoms with van der Waals surface area (Å²) in [6, 6.07) is 0.374. The highest BCUT2D eigenvalue weighted by Gasteiger charge is 2.42. The van der Waals surface area contributed by atoms with Gasteiger partial charge in [0.15, 0.2) is 0 Å². The van der Waals surface area contributed by atoms with Crippen molar-refractivity contribution in [2.75, 3.05) is 24.5 Å². The molecule has 0 radical (unpaired) electrons. The molecule has 0 aliphatic carbocycles. The fourth-order valence-electron chi connectivity index (χ4n) is 3.28. The normalized spacial score (nSPS) is 26.7. The Morgan fingerprint density at radius 3 is 3.00 bits per heavy atom. The molecular formula is C11H17N5O2. The van der Waals surface area contributed by atoms with Crippen LogP contribution in [0.2, 0.25) is 0 Å². The lowest BCUT2D eigenvalue weighted by atomic mass is 10.1. The summed E-state index contributed by atoms with van der Waals surface area (Å²) in [6.07, 6.45) is 1.10. The molecule has 2 saturated heterocycles. The summed E-state index contributed by atoms with van der Waals surface area (Å²) in [5.41, 5.74) is 0.650. The van der Waals surface area contributed by atoms with Crippen LogP contribution in [0, 0.1) is 23.0 Å². The minimum Gasteiger partial charge on any atom is -0.346 e. The van der Waals surface area contributed by atoms with Crippen molar-refractivity contribution in [3.05, 3.63) is 15.8 Å². The first-order chi connectivity index (χ1) is 8.59. The van der Waals surface area contributed by atoms with E-state index in [1.807, 2.05) is 0 Å². The zero-order chi connectivity index (χ0) is 12.9. The standard InChI is InChI=1S/C11H17N5O2/c1-7-10(16(17)18)11(14(2)13-7)15-4-3-8-5-12-6-9(8)15/h8-9,12H,3-6H2,1-2H3/t8-,9+/m0/s1. The first kappa shape index (κ1) is 11.5. The Hall–Kier alpha value is -1.63. The van der Waals surface area contributed by atoms with Crippen molar-refractivity contribution in [1.29, 1.82) is 0 Å². The number of hydrogen-bond acceptors (Lipinski definition) is 5. The maximum absolute atomic E-state index is 11.2. The third-order valence-corrected chi connectivity index (χ3v) is 4.06. The molecule has 3 rings (SSSR count). The van der Waals surface area contributed by atoms with E-state index >= 15 is 0 Å². The molecule has 2 atom stereocenters. The van der Waals surface area contributed by atoms with E-state index in [0.29, 0.717) is 23.5 Å². The second-order valence-electron chi connectivity index (χ2n) is 5.11. The number of hydrogen-bond donors (Lipinski definition) is 1. The predicted molar refractivity (Wildman–Crippen MR) is 66.7 cm³/mol. The molecule has 98 valence electrons. The van der Waals surface area contributed by atoms with Gasteiger partial charge in [0, 0.05) is 32.7 Å². The van der Waals surface area contributed by atoms with E-state index in [-0.39, 0.29) is 10.6 Å². The van der Waals surface area contributed by atoms with E-state index in [4.69, 9.17) is 0 Å². The number of fused-ring (bicyclic) bond motifs is 1. The molecule has 0 unspecified atom stereocenters. The first-order valence-corrected chi connectivity index (χ1v) is 6.25. The van der Waals surface area contributed by atoms with Gasteiger partial charge in [-0.15, -0.1) is 0 Å². The summed E-state index contributed by atoms with van der Waals surface area (Å²) in [5, 5.41) is 18.8. The van der Waals surface area contributed by atoms with E-state index in [0.717, 1.165) is 26.1 Å². The van der Waals surface area contributed by atoms with Crippen molar-refractivity contribution in [1.82, 2.24) is 15.1 Å². The SMILES string of the molecule is Cc1nn(C)c(N2CC[C@H]3CNC[C@H]32)c1[N+](=O)[O-]. The third-order valence-electron chi connectivity index (χ3n) is 4.06. The second-order valence-corrected chi connectivity index (χ2v) is 5.11. The molecule has 2 aliphatic heterocycles. The van der Waals surface area contributed by atoms with Gasteiger partial charge < -0.3 is 10.2 Å². The van der Waals surface area contributed by atoms with Gasteiger partial charge in [0.2, 0.25) is 5.82 Å². The Labute approximate surface area is 105 Å². The van der Waals surface area contributed by atoms with Crippen molar-refractivity contribution < 1.29 is 4.92 Å². The molecule has 0 spiro atoms. The Morgan fingerprint density at radius 2 is 2.28 bits per heavy atom. The van der Waals surface area contributed by atoms with Crippen LogP contribution in [0.5, 0.6) is 0 Å². The maximum Gasteiger partial charge on any atom is 0.333 e. The topological polar surface area (TPSA) is 76.2 Å². The van der Waals surface area contributed by atoms with Gasteiger partial charge in [-0.25, -0.2) is 4.68 Å². The van der Waals surface area contributed by atoms with Crippen molar-refractivity contribution in [2.24, 2.45) is 13.0 Å². The Morgan fingerprint density at radius 1 is 1.50 bits per heavy atom. The van der Waals surface area contributed by atoms with Crippen LogP contribution in [-0.2, 0) is 7.05 Å². The molecule has 2 aliphatic rings. The van der Waals surface area contributed by atoms with Crippen molar-refractivity contribution in [2.45, 2.75) is 19.4 Å². The number of anilines is 1. The molecule has 18 heavy (non-hydrogen) atoms. The van der Waals surface area contributed by atoms with Gasteiger partial charge >= 0.3 is 5.69 Å². The highest BCUT2D eigenvalue weighted by atomic mass is 16.6. The minimum absolute atomic E-state index is 0.157. The van der Waals surface area contributed by atoms with Gasteiger partial charge in [-0.3, -0.25) is 10.1 Å². The van der Waals surface area contributed by atoms with Gasteiger partial charge in [0.05, 0.1) is 4.92 Å². The summed E-state index contributed by atoms with van der Waals surface area (Å²) in [4.78, 5) is 13.1. The van der Waals surface area contributed by atoms with Gasteiger partial charge in [0.25, 0.3) is 0 Å². The quantitative estimate of drug-likeness (QED) is 0.609. The van der Waals surface area contributed by atoms with Crippen LogP contribution in [0.4, 0.5) is 11.5 Å². The number of aryl methyl sites for hydroxylation is 2. The summed E-state index contributed by atoms with van der Waals surface area (Å²) in [6.45, 7) is 4.51.